The van der Waals surface area contributed by atoms with Crippen LogP contribution in [0.1, 0.15) is 24.0 Å². The van der Waals surface area contributed by atoms with Crippen LogP contribution in [0.2, 0.25) is 0 Å². The summed E-state index contributed by atoms with van der Waals surface area (Å²) in [7, 11) is -3.67. The van der Waals surface area contributed by atoms with Crippen molar-refractivity contribution in [3.05, 3.63) is 65.6 Å². The van der Waals surface area contributed by atoms with Crippen molar-refractivity contribution in [1.82, 2.24) is 9.88 Å². The molecule has 1 aliphatic heterocycles. The number of nitrogens with one attached hydrogen (secondary N) is 1. The van der Waals surface area contributed by atoms with E-state index in [1.165, 1.54) is 29.5 Å². The zero-order valence-corrected chi connectivity index (χ0v) is 19.5. The molecule has 33 heavy (non-hydrogen) atoms. The zero-order valence-electron chi connectivity index (χ0n) is 18.7. The van der Waals surface area contributed by atoms with Crippen molar-refractivity contribution in [1.29, 1.82) is 5.26 Å². The minimum absolute atomic E-state index is 0.179. The number of halogens is 1. The molecule has 0 spiro atoms. The Morgan fingerprint density at radius 1 is 1.09 bits per heavy atom. The highest BCUT2D eigenvalue weighted by molar-refractivity contribution is 7.85. The van der Waals surface area contributed by atoms with Crippen LogP contribution in [-0.4, -0.2) is 61.8 Å². The number of piperazine rings is 1. The van der Waals surface area contributed by atoms with Gasteiger partial charge >= 0.3 is 0 Å². The molecule has 3 aromatic rings. The molecule has 2 heterocycles. The standard InChI is InChI=1S/C23H25FN4.CH4O3S/c24-20-5-7-21(8-6-20)28-13-11-27(12-14-28)10-2-1-3-19-17-26-23-9-4-18(16-25)15-22(19)23;1-5(2,3)4/h4-9,15,17,26H,1-3,10-14H2;1H3,(H,2,3,4). The highest BCUT2D eigenvalue weighted by atomic mass is 32.2. The minimum Gasteiger partial charge on any atom is -0.369 e. The van der Waals surface area contributed by atoms with Crippen LogP contribution in [0.25, 0.3) is 10.9 Å². The van der Waals surface area contributed by atoms with Gasteiger partial charge in [0.15, 0.2) is 0 Å². The number of hydrogen-bond acceptors (Lipinski definition) is 5. The molecule has 0 aliphatic carbocycles. The van der Waals surface area contributed by atoms with E-state index in [2.05, 4.69) is 27.0 Å². The third-order valence-electron chi connectivity index (χ3n) is 5.63. The van der Waals surface area contributed by atoms with Crippen molar-refractivity contribution in [2.24, 2.45) is 0 Å². The molecular weight excluding hydrogens is 443 g/mol. The van der Waals surface area contributed by atoms with Gasteiger partial charge in [-0.3, -0.25) is 9.45 Å². The Kier molecular flexibility index (Phi) is 8.44. The number of fused-ring (bicyclic) bond motifs is 1. The first-order valence-corrected chi connectivity index (χ1v) is 12.7. The average molecular weight is 473 g/mol. The highest BCUT2D eigenvalue weighted by Gasteiger charge is 2.16. The van der Waals surface area contributed by atoms with Crippen molar-refractivity contribution in [3.8, 4) is 6.07 Å². The Bertz CT molecular complexity index is 1190. The molecule has 9 heteroatoms. The predicted octanol–water partition coefficient (Wildman–Crippen LogP) is 3.83. The summed E-state index contributed by atoms with van der Waals surface area (Å²) in [5.74, 6) is -0.179. The van der Waals surface area contributed by atoms with Crippen LogP contribution in [0, 0.1) is 17.1 Å². The van der Waals surface area contributed by atoms with Crippen LogP contribution >= 0.6 is 0 Å². The lowest BCUT2D eigenvalue weighted by molar-refractivity contribution is 0.253. The molecule has 4 rings (SSSR count). The maximum Gasteiger partial charge on any atom is 0.261 e. The highest BCUT2D eigenvalue weighted by Crippen LogP contribution is 2.22. The number of benzene rings is 2. The Hall–Kier alpha value is -2.93. The van der Waals surface area contributed by atoms with E-state index >= 15 is 0 Å². The van der Waals surface area contributed by atoms with Gasteiger partial charge in [0.2, 0.25) is 0 Å². The number of nitriles is 1. The summed E-state index contributed by atoms with van der Waals surface area (Å²) < 4.78 is 38.9. The van der Waals surface area contributed by atoms with E-state index in [4.69, 9.17) is 9.81 Å². The molecule has 2 N–H and O–H groups in total. The summed E-state index contributed by atoms with van der Waals surface area (Å²) in [5.41, 5.74) is 4.23. The van der Waals surface area contributed by atoms with Gasteiger partial charge < -0.3 is 9.88 Å². The Balaban J connectivity index is 0.000000555. The second-order valence-electron chi connectivity index (χ2n) is 8.18. The smallest absolute Gasteiger partial charge is 0.261 e. The molecule has 1 fully saturated rings. The largest absolute Gasteiger partial charge is 0.369 e. The topological polar surface area (TPSA) is 100 Å². The van der Waals surface area contributed by atoms with Crippen molar-refractivity contribution in [2.45, 2.75) is 19.3 Å². The second-order valence-corrected chi connectivity index (χ2v) is 9.65. The van der Waals surface area contributed by atoms with Gasteiger partial charge in [-0.2, -0.15) is 13.7 Å². The van der Waals surface area contributed by atoms with Crippen LogP contribution in [0.3, 0.4) is 0 Å². The molecule has 1 aromatic heterocycles. The van der Waals surface area contributed by atoms with Gasteiger partial charge in [0, 0.05) is 49.0 Å². The van der Waals surface area contributed by atoms with Gasteiger partial charge in [0.25, 0.3) is 10.1 Å². The number of anilines is 1. The van der Waals surface area contributed by atoms with Gasteiger partial charge in [-0.1, -0.05) is 0 Å². The van der Waals surface area contributed by atoms with E-state index in [1.807, 2.05) is 30.3 Å². The fraction of sp³-hybridized carbons (Fsp3) is 0.375. The first-order chi connectivity index (χ1) is 15.7. The molecule has 1 saturated heterocycles. The number of aromatic amines is 1. The van der Waals surface area contributed by atoms with Gasteiger partial charge in [-0.25, -0.2) is 4.39 Å². The molecule has 0 unspecified atom stereocenters. The lowest BCUT2D eigenvalue weighted by Gasteiger charge is -2.36. The Morgan fingerprint density at radius 3 is 2.39 bits per heavy atom. The molecule has 0 amide bonds. The zero-order chi connectivity index (χ0) is 23.8. The van der Waals surface area contributed by atoms with Crippen LogP contribution in [0.4, 0.5) is 10.1 Å². The van der Waals surface area contributed by atoms with Crippen molar-refractivity contribution in [3.63, 3.8) is 0 Å². The molecule has 0 bridgehead atoms. The Morgan fingerprint density at radius 2 is 1.76 bits per heavy atom. The fourth-order valence-electron chi connectivity index (χ4n) is 3.99. The van der Waals surface area contributed by atoms with Gasteiger partial charge in [-0.05, 0) is 73.8 Å². The number of H-pyrrole nitrogens is 1. The third-order valence-corrected chi connectivity index (χ3v) is 5.63. The van der Waals surface area contributed by atoms with Crippen LogP contribution in [0.5, 0.6) is 0 Å². The van der Waals surface area contributed by atoms with Crippen molar-refractivity contribution >= 4 is 26.7 Å². The number of aryl methyl sites for hydroxylation is 1. The van der Waals surface area contributed by atoms with Crippen LogP contribution in [-0.2, 0) is 16.5 Å². The monoisotopic (exact) mass is 472 g/mol. The SMILES string of the molecule is CS(=O)(=O)O.N#Cc1ccc2[nH]cc(CCCCN3CCN(c4ccc(F)cc4)CC3)c2c1. The van der Waals surface area contributed by atoms with Crippen LogP contribution in [0.15, 0.2) is 48.7 Å². The molecule has 0 radical (unpaired) electrons. The molecule has 1 aliphatic rings. The lowest BCUT2D eigenvalue weighted by Crippen LogP contribution is -2.46. The fourth-order valence-corrected chi connectivity index (χ4v) is 3.99. The van der Waals surface area contributed by atoms with E-state index in [-0.39, 0.29) is 5.82 Å². The second kappa shape index (κ2) is 11.3. The summed E-state index contributed by atoms with van der Waals surface area (Å²) in [4.78, 5) is 8.15. The molecule has 0 saturated carbocycles. The normalized spacial score (nSPS) is 14.5. The maximum atomic E-state index is 13.1. The number of rotatable bonds is 6. The number of unbranched alkanes of at least 4 members (excludes halogenated alkanes) is 1. The quantitative estimate of drug-likeness (QED) is 0.418. The molecule has 7 nitrogen and oxygen atoms in total. The molecular formula is C24H29FN4O3S. The summed E-state index contributed by atoms with van der Waals surface area (Å²) in [6, 6.07) is 14.8. The summed E-state index contributed by atoms with van der Waals surface area (Å²) >= 11 is 0. The number of nitrogens with zero attached hydrogens (tertiary/aromatic N) is 3. The van der Waals surface area contributed by atoms with Crippen molar-refractivity contribution < 1.29 is 17.4 Å². The lowest BCUT2D eigenvalue weighted by atomic mass is 10.1. The van der Waals surface area contributed by atoms with Gasteiger partial charge in [-0.15, -0.1) is 0 Å². The third kappa shape index (κ3) is 7.86. The van der Waals surface area contributed by atoms with Gasteiger partial charge in [0.05, 0.1) is 17.9 Å². The van der Waals surface area contributed by atoms with Gasteiger partial charge in [0.1, 0.15) is 5.82 Å². The van der Waals surface area contributed by atoms with Crippen molar-refractivity contribution in [2.75, 3.05) is 43.9 Å². The summed E-state index contributed by atoms with van der Waals surface area (Å²) in [6.07, 6.45) is 6.13. The van der Waals surface area contributed by atoms with E-state index in [1.54, 1.807) is 0 Å². The van der Waals surface area contributed by atoms with E-state index in [0.29, 0.717) is 11.8 Å². The number of hydrogen-bond donors (Lipinski definition) is 2. The van der Waals surface area contributed by atoms with E-state index in [9.17, 15) is 12.8 Å². The summed E-state index contributed by atoms with van der Waals surface area (Å²) in [5, 5.41) is 10.3. The van der Waals surface area contributed by atoms with E-state index in [0.717, 1.165) is 56.8 Å². The van der Waals surface area contributed by atoms with Crippen LogP contribution < -0.4 is 4.90 Å². The minimum atomic E-state index is -3.67. The average Bonchev–Trinajstić information content (AvgIpc) is 3.19. The predicted molar refractivity (Wildman–Crippen MR) is 128 cm³/mol. The number of aromatic nitrogens is 1. The maximum absolute atomic E-state index is 13.1. The molecule has 0 atom stereocenters. The first kappa shape index (κ1) is 24.7. The molecule has 176 valence electrons. The Labute approximate surface area is 194 Å². The van der Waals surface area contributed by atoms with E-state index < -0.39 is 10.1 Å². The molecule has 2 aromatic carbocycles. The first-order valence-electron chi connectivity index (χ1n) is 10.9. The summed E-state index contributed by atoms with van der Waals surface area (Å²) in [6.45, 7) is 5.20.